The summed E-state index contributed by atoms with van der Waals surface area (Å²) in [5.41, 5.74) is 0. The maximum absolute atomic E-state index is 12.8. The van der Waals surface area contributed by atoms with Gasteiger partial charge in [-0.15, -0.1) is 11.3 Å². The van der Waals surface area contributed by atoms with Crippen LogP contribution >= 0.6 is 27.3 Å². The van der Waals surface area contributed by atoms with Crippen molar-refractivity contribution in [3.8, 4) is 0 Å². The smallest absolute Gasteiger partial charge is 0.246 e. The van der Waals surface area contributed by atoms with Gasteiger partial charge in [0.25, 0.3) is 0 Å². The second-order valence-electron chi connectivity index (χ2n) is 5.68. The average molecular weight is 373 g/mol. The minimum atomic E-state index is -0.407. The summed E-state index contributed by atoms with van der Waals surface area (Å²) in [7, 11) is 0. The van der Waals surface area contributed by atoms with E-state index < -0.39 is 6.04 Å². The molecular formula is C15H21BrN2O2S. The van der Waals surface area contributed by atoms with E-state index in [4.69, 9.17) is 0 Å². The van der Waals surface area contributed by atoms with Gasteiger partial charge in [-0.1, -0.05) is 20.3 Å². The van der Waals surface area contributed by atoms with Gasteiger partial charge in [0.2, 0.25) is 11.8 Å². The quantitative estimate of drug-likeness (QED) is 0.882. The second kappa shape index (κ2) is 6.92. The van der Waals surface area contributed by atoms with Crippen molar-refractivity contribution >= 4 is 39.1 Å². The molecule has 0 radical (unpaired) electrons. The molecule has 0 spiro atoms. The van der Waals surface area contributed by atoms with Crippen LogP contribution in [0.4, 0.5) is 0 Å². The van der Waals surface area contributed by atoms with E-state index in [1.807, 2.05) is 37.1 Å². The van der Waals surface area contributed by atoms with Gasteiger partial charge in [0.1, 0.15) is 6.04 Å². The summed E-state index contributed by atoms with van der Waals surface area (Å²) in [4.78, 5) is 27.8. The van der Waals surface area contributed by atoms with Crippen LogP contribution in [0.5, 0.6) is 0 Å². The van der Waals surface area contributed by atoms with Crippen molar-refractivity contribution in [2.24, 2.45) is 5.92 Å². The number of rotatable bonds is 4. The van der Waals surface area contributed by atoms with Crippen molar-refractivity contribution in [1.29, 1.82) is 0 Å². The normalized spacial score (nSPS) is 24.7. The predicted octanol–water partition coefficient (Wildman–Crippen LogP) is 3.16. The van der Waals surface area contributed by atoms with Gasteiger partial charge in [-0.2, -0.15) is 0 Å². The Morgan fingerprint density at radius 2 is 2.24 bits per heavy atom. The fourth-order valence-corrected chi connectivity index (χ4v) is 3.98. The third kappa shape index (κ3) is 3.86. The zero-order chi connectivity index (χ0) is 15.6. The van der Waals surface area contributed by atoms with Crippen molar-refractivity contribution < 1.29 is 9.59 Å². The molecule has 1 saturated heterocycles. The molecule has 1 aliphatic heterocycles. The van der Waals surface area contributed by atoms with Gasteiger partial charge in [0, 0.05) is 27.2 Å². The Labute approximate surface area is 138 Å². The van der Waals surface area contributed by atoms with Crippen molar-refractivity contribution in [3.63, 3.8) is 0 Å². The Hall–Kier alpha value is -0.880. The highest BCUT2D eigenvalue weighted by Crippen LogP contribution is 2.25. The first kappa shape index (κ1) is 16.5. The molecule has 2 rings (SSSR count). The van der Waals surface area contributed by atoms with E-state index in [-0.39, 0.29) is 23.8 Å². The lowest BCUT2D eigenvalue weighted by molar-refractivity contribution is -0.136. The van der Waals surface area contributed by atoms with E-state index in [2.05, 4.69) is 21.2 Å². The van der Waals surface area contributed by atoms with Gasteiger partial charge in [0.05, 0.1) is 6.54 Å². The highest BCUT2D eigenvalue weighted by molar-refractivity contribution is 9.10. The number of carbonyl (C=O) groups excluding carboxylic acids is 2. The van der Waals surface area contributed by atoms with Gasteiger partial charge >= 0.3 is 0 Å². The Kier molecular flexibility index (Phi) is 5.43. The van der Waals surface area contributed by atoms with Crippen molar-refractivity contribution in [2.45, 2.75) is 52.2 Å². The first-order valence-corrected chi connectivity index (χ1v) is 8.92. The SMILES string of the molecule is CCC(C)C1NC(=O)CC(C)N(Cc2cc(Br)cs2)C1=O. The summed E-state index contributed by atoms with van der Waals surface area (Å²) in [5, 5.41) is 4.91. The molecule has 21 heavy (non-hydrogen) atoms. The van der Waals surface area contributed by atoms with E-state index in [0.29, 0.717) is 13.0 Å². The first-order chi connectivity index (χ1) is 9.92. The molecule has 116 valence electrons. The number of halogens is 1. The minimum absolute atomic E-state index is 0.0315. The number of hydrogen-bond acceptors (Lipinski definition) is 3. The Bertz CT molecular complexity index is 531. The van der Waals surface area contributed by atoms with Crippen molar-refractivity contribution in [2.75, 3.05) is 0 Å². The molecule has 3 unspecified atom stereocenters. The van der Waals surface area contributed by atoms with Crippen LogP contribution in [0.1, 0.15) is 38.5 Å². The third-order valence-corrected chi connectivity index (χ3v) is 5.72. The summed E-state index contributed by atoms with van der Waals surface area (Å²) < 4.78 is 1.03. The number of amides is 2. The van der Waals surface area contributed by atoms with Gasteiger partial charge in [-0.25, -0.2) is 0 Å². The van der Waals surface area contributed by atoms with Crippen molar-refractivity contribution in [1.82, 2.24) is 10.2 Å². The Morgan fingerprint density at radius 1 is 1.52 bits per heavy atom. The largest absolute Gasteiger partial charge is 0.344 e. The van der Waals surface area contributed by atoms with Crippen LogP contribution in [-0.2, 0) is 16.1 Å². The summed E-state index contributed by atoms with van der Waals surface area (Å²) in [6, 6.07) is 1.55. The van der Waals surface area contributed by atoms with Gasteiger partial charge < -0.3 is 10.2 Å². The van der Waals surface area contributed by atoms with E-state index in [0.717, 1.165) is 15.8 Å². The Morgan fingerprint density at radius 3 is 2.81 bits per heavy atom. The molecule has 1 aliphatic rings. The second-order valence-corrected chi connectivity index (χ2v) is 7.59. The molecule has 0 aromatic carbocycles. The first-order valence-electron chi connectivity index (χ1n) is 7.25. The number of nitrogens with zero attached hydrogens (tertiary/aromatic N) is 1. The molecule has 1 aromatic rings. The fraction of sp³-hybridized carbons (Fsp3) is 0.600. The molecule has 1 N–H and O–H groups in total. The van der Waals surface area contributed by atoms with Crippen molar-refractivity contribution in [3.05, 3.63) is 20.8 Å². The predicted molar refractivity (Wildman–Crippen MR) is 88.0 cm³/mol. The summed E-state index contributed by atoms with van der Waals surface area (Å²) in [6.07, 6.45) is 1.23. The fourth-order valence-electron chi connectivity index (χ4n) is 2.53. The maximum atomic E-state index is 12.8. The summed E-state index contributed by atoms with van der Waals surface area (Å²) in [5.74, 6) is 0.146. The third-order valence-electron chi connectivity index (χ3n) is 4.04. The molecule has 2 heterocycles. The topological polar surface area (TPSA) is 49.4 Å². The zero-order valence-corrected chi connectivity index (χ0v) is 15.0. The van der Waals surface area contributed by atoms with E-state index in [9.17, 15) is 9.59 Å². The lowest BCUT2D eigenvalue weighted by atomic mass is 9.98. The highest BCUT2D eigenvalue weighted by Gasteiger charge is 2.36. The van der Waals surface area contributed by atoms with Crippen LogP contribution < -0.4 is 5.32 Å². The average Bonchev–Trinajstić information content (AvgIpc) is 2.81. The van der Waals surface area contributed by atoms with E-state index in [1.54, 1.807) is 11.3 Å². The van der Waals surface area contributed by atoms with Gasteiger partial charge in [0.15, 0.2) is 0 Å². The van der Waals surface area contributed by atoms with Crippen LogP contribution in [-0.4, -0.2) is 28.8 Å². The van der Waals surface area contributed by atoms with Crippen LogP contribution in [0.15, 0.2) is 15.9 Å². The number of thiophene rings is 1. The number of nitrogens with one attached hydrogen (secondary N) is 1. The summed E-state index contributed by atoms with van der Waals surface area (Å²) >= 11 is 5.06. The molecule has 2 amide bonds. The molecule has 6 heteroatoms. The van der Waals surface area contributed by atoms with E-state index >= 15 is 0 Å². The lowest BCUT2D eigenvalue weighted by Gasteiger charge is -2.30. The standard InChI is InChI=1S/C15H21BrN2O2S/c1-4-9(2)14-15(20)18(10(3)5-13(19)17-14)7-12-6-11(16)8-21-12/h6,8-10,14H,4-5,7H2,1-3H3,(H,17,19). The molecular weight excluding hydrogens is 352 g/mol. The number of hydrogen-bond donors (Lipinski definition) is 1. The van der Waals surface area contributed by atoms with Crippen LogP contribution in [0.2, 0.25) is 0 Å². The van der Waals surface area contributed by atoms with Gasteiger partial charge in [-0.3, -0.25) is 9.59 Å². The lowest BCUT2D eigenvalue weighted by Crippen LogP contribution is -2.49. The monoisotopic (exact) mass is 372 g/mol. The van der Waals surface area contributed by atoms with Gasteiger partial charge in [-0.05, 0) is 34.8 Å². The molecule has 1 fully saturated rings. The highest BCUT2D eigenvalue weighted by atomic mass is 79.9. The molecule has 0 aliphatic carbocycles. The van der Waals surface area contributed by atoms with Crippen LogP contribution in [0.3, 0.4) is 0 Å². The Balaban J connectivity index is 2.23. The number of carbonyl (C=O) groups is 2. The molecule has 0 saturated carbocycles. The van der Waals surface area contributed by atoms with Crippen LogP contribution in [0, 0.1) is 5.92 Å². The molecule has 3 atom stereocenters. The zero-order valence-electron chi connectivity index (χ0n) is 12.6. The molecule has 1 aromatic heterocycles. The molecule has 0 bridgehead atoms. The van der Waals surface area contributed by atoms with Crippen LogP contribution in [0.25, 0.3) is 0 Å². The maximum Gasteiger partial charge on any atom is 0.246 e. The summed E-state index contributed by atoms with van der Waals surface area (Å²) in [6.45, 7) is 6.56. The minimum Gasteiger partial charge on any atom is -0.344 e. The van der Waals surface area contributed by atoms with E-state index in [1.165, 1.54) is 0 Å². The molecule has 4 nitrogen and oxygen atoms in total.